The van der Waals surface area contributed by atoms with Crippen molar-refractivity contribution in [3.05, 3.63) is 95.9 Å². The van der Waals surface area contributed by atoms with Gasteiger partial charge >= 0.3 is 0 Å². The van der Waals surface area contributed by atoms with Gasteiger partial charge in [-0.1, -0.05) is 44.1 Å². The van der Waals surface area contributed by atoms with E-state index in [4.69, 9.17) is 4.52 Å². The molecular weight excluding hydrogens is 713 g/mol. The van der Waals surface area contributed by atoms with Crippen LogP contribution in [0.3, 0.4) is 0 Å². The van der Waals surface area contributed by atoms with Crippen molar-refractivity contribution < 1.29 is 18.9 Å². The number of imide groups is 1. The van der Waals surface area contributed by atoms with E-state index in [-0.39, 0.29) is 34.9 Å². The second kappa shape index (κ2) is 15.1. The van der Waals surface area contributed by atoms with Crippen molar-refractivity contribution >= 4 is 29.1 Å². The van der Waals surface area contributed by atoms with Crippen LogP contribution in [0.4, 0.5) is 5.82 Å². The van der Waals surface area contributed by atoms with E-state index in [2.05, 4.69) is 69.1 Å². The summed E-state index contributed by atoms with van der Waals surface area (Å²) < 4.78 is 9.09. The normalized spacial score (nSPS) is 16.7. The summed E-state index contributed by atoms with van der Waals surface area (Å²) in [6.07, 6.45) is 10.1. The van der Waals surface area contributed by atoms with Gasteiger partial charge in [0.25, 0.3) is 11.7 Å². The highest BCUT2D eigenvalue weighted by atomic mass is 16.5. The highest BCUT2D eigenvalue weighted by Gasteiger charge is 2.29. The number of piperidine rings is 1. The van der Waals surface area contributed by atoms with Crippen molar-refractivity contribution in [3.63, 3.8) is 0 Å². The van der Waals surface area contributed by atoms with Crippen molar-refractivity contribution in [2.24, 2.45) is 0 Å². The van der Waals surface area contributed by atoms with Gasteiger partial charge in [-0.3, -0.25) is 29.3 Å². The van der Waals surface area contributed by atoms with Gasteiger partial charge in [-0.15, -0.1) is 0 Å². The molecule has 16 heteroatoms. The molecule has 8 rings (SSSR count). The number of carbonyl (C=O) groups is 3. The van der Waals surface area contributed by atoms with Gasteiger partial charge in [-0.05, 0) is 48.2 Å². The number of hydrogen-bond donors (Lipinski definition) is 2. The SMILES string of the molecule is Cc1cc(-c2ncnn3cc(-c4cnn(CCN5CCN(c6ccc(C7CCC(=O)NC7=O)cn6)CC5)c4)cc23)ccc1CNC(=O)c1noc(C(C)(C)C)n1. The molecule has 1 unspecified atom stereocenters. The van der Waals surface area contributed by atoms with E-state index >= 15 is 0 Å². The van der Waals surface area contributed by atoms with Crippen LogP contribution >= 0.6 is 0 Å². The van der Waals surface area contributed by atoms with E-state index in [1.807, 2.05) is 73.6 Å². The number of pyridine rings is 1. The largest absolute Gasteiger partial charge is 0.354 e. The Labute approximate surface area is 323 Å². The highest BCUT2D eigenvalue weighted by Crippen LogP contribution is 2.30. The molecule has 56 heavy (non-hydrogen) atoms. The van der Waals surface area contributed by atoms with E-state index in [1.54, 1.807) is 12.5 Å². The van der Waals surface area contributed by atoms with Crippen LogP contribution in [0.5, 0.6) is 0 Å². The van der Waals surface area contributed by atoms with E-state index in [0.717, 1.165) is 89.7 Å². The Morgan fingerprint density at radius 2 is 1.79 bits per heavy atom. The number of hydrogen-bond acceptors (Lipinski definition) is 12. The summed E-state index contributed by atoms with van der Waals surface area (Å²) in [5.74, 6) is 0.161. The fraction of sp³-hybridized carbons (Fsp3) is 0.375. The third-order valence-electron chi connectivity index (χ3n) is 10.5. The van der Waals surface area contributed by atoms with E-state index in [1.165, 1.54) is 0 Å². The predicted molar refractivity (Wildman–Crippen MR) is 207 cm³/mol. The van der Waals surface area contributed by atoms with Gasteiger partial charge in [0.15, 0.2) is 0 Å². The minimum Gasteiger partial charge on any atom is -0.354 e. The number of carbonyl (C=O) groups excluding carboxylic acids is 3. The summed E-state index contributed by atoms with van der Waals surface area (Å²) in [6, 6.07) is 12.1. The number of fused-ring (bicyclic) bond motifs is 1. The minimum absolute atomic E-state index is 0.0180. The van der Waals surface area contributed by atoms with Gasteiger partial charge in [0.1, 0.15) is 12.1 Å². The molecule has 0 spiro atoms. The van der Waals surface area contributed by atoms with Crippen molar-refractivity contribution in [1.82, 2.24) is 55.0 Å². The van der Waals surface area contributed by atoms with E-state index < -0.39 is 0 Å². The monoisotopic (exact) mass is 756 g/mol. The molecule has 2 aliphatic heterocycles. The Kier molecular flexibility index (Phi) is 9.88. The molecule has 1 atom stereocenters. The molecule has 1 aromatic carbocycles. The first-order valence-corrected chi connectivity index (χ1v) is 18.8. The first-order chi connectivity index (χ1) is 27.0. The minimum atomic E-state index is -0.389. The molecule has 288 valence electrons. The van der Waals surface area contributed by atoms with Gasteiger partial charge < -0.3 is 14.7 Å². The number of nitrogens with zero attached hydrogens (tertiary/aromatic N) is 10. The van der Waals surface area contributed by atoms with Crippen LogP contribution in [-0.2, 0) is 28.1 Å². The molecule has 7 heterocycles. The summed E-state index contributed by atoms with van der Waals surface area (Å²) >= 11 is 0. The summed E-state index contributed by atoms with van der Waals surface area (Å²) in [5, 5.41) is 18.3. The molecule has 16 nitrogen and oxygen atoms in total. The quantitative estimate of drug-likeness (QED) is 0.193. The molecule has 3 amide bonds. The number of piperazine rings is 1. The first kappa shape index (κ1) is 36.7. The highest BCUT2D eigenvalue weighted by molar-refractivity contribution is 6.00. The average Bonchev–Trinajstić information content (AvgIpc) is 3.97. The lowest BCUT2D eigenvalue weighted by atomic mass is 9.92. The number of rotatable bonds is 10. The molecule has 2 aliphatic rings. The molecule has 0 radical (unpaired) electrons. The predicted octanol–water partition coefficient (Wildman–Crippen LogP) is 3.92. The van der Waals surface area contributed by atoms with Crippen LogP contribution < -0.4 is 15.5 Å². The fourth-order valence-electron chi connectivity index (χ4n) is 7.11. The standard InChI is InChI=1S/C40H44N12O4/c1-25-17-26(5-6-27(25)19-42-38(55)36-47-39(56-48-36)40(2,3)4)35-32-18-29(23-52(32)45-24-43-35)30-21-44-51(22-30)16-13-49-11-14-50(15-12-49)33-9-7-28(20-41-33)31-8-10-34(53)46-37(31)54/h5-7,9,17-18,20-24,31H,8,10-16,19H2,1-4H3,(H,42,55)(H,46,53,54). The third-order valence-corrected chi connectivity index (χ3v) is 10.5. The lowest BCUT2D eigenvalue weighted by molar-refractivity contribution is -0.134. The number of nitrogens with one attached hydrogen (secondary N) is 2. The number of aromatic nitrogens is 8. The molecule has 0 bridgehead atoms. The van der Waals surface area contributed by atoms with Crippen LogP contribution in [-0.4, -0.2) is 94.8 Å². The number of benzene rings is 1. The van der Waals surface area contributed by atoms with Gasteiger partial charge in [0.05, 0.1) is 29.9 Å². The number of aryl methyl sites for hydroxylation is 1. The lowest BCUT2D eigenvalue weighted by Crippen LogP contribution is -2.47. The van der Waals surface area contributed by atoms with Gasteiger partial charge in [-0.25, -0.2) is 14.5 Å². The molecule has 2 fully saturated rings. The van der Waals surface area contributed by atoms with Crippen molar-refractivity contribution in [2.45, 2.75) is 65.0 Å². The Balaban J connectivity index is 0.855. The van der Waals surface area contributed by atoms with Crippen molar-refractivity contribution in [2.75, 3.05) is 37.6 Å². The maximum atomic E-state index is 12.7. The summed E-state index contributed by atoms with van der Waals surface area (Å²) in [5.41, 5.74) is 7.09. The topological polar surface area (TPSA) is 182 Å². The van der Waals surface area contributed by atoms with Crippen LogP contribution in [0.25, 0.3) is 27.9 Å². The first-order valence-electron chi connectivity index (χ1n) is 18.8. The number of anilines is 1. The summed E-state index contributed by atoms with van der Waals surface area (Å²) in [4.78, 5) is 54.7. The van der Waals surface area contributed by atoms with Crippen LogP contribution in [0.15, 0.2) is 72.0 Å². The third kappa shape index (κ3) is 7.77. The second-order valence-corrected chi connectivity index (χ2v) is 15.4. The fourth-order valence-corrected chi connectivity index (χ4v) is 7.11. The summed E-state index contributed by atoms with van der Waals surface area (Å²) in [7, 11) is 0. The Bertz CT molecular complexity index is 2400. The zero-order valence-electron chi connectivity index (χ0n) is 31.9. The molecule has 0 saturated carbocycles. The molecular formula is C40H44N12O4. The van der Waals surface area contributed by atoms with Crippen LogP contribution in [0, 0.1) is 6.92 Å². The van der Waals surface area contributed by atoms with Gasteiger partial charge in [-0.2, -0.15) is 15.2 Å². The Morgan fingerprint density at radius 3 is 2.52 bits per heavy atom. The zero-order valence-corrected chi connectivity index (χ0v) is 31.9. The maximum absolute atomic E-state index is 12.7. The van der Waals surface area contributed by atoms with Crippen molar-refractivity contribution in [1.29, 1.82) is 0 Å². The van der Waals surface area contributed by atoms with E-state index in [0.29, 0.717) is 25.3 Å². The van der Waals surface area contributed by atoms with Crippen LogP contribution in [0.2, 0.25) is 0 Å². The summed E-state index contributed by atoms with van der Waals surface area (Å²) in [6.45, 7) is 13.3. The van der Waals surface area contributed by atoms with Gasteiger partial charge in [0, 0.05) is 86.4 Å². The molecule has 2 saturated heterocycles. The smallest absolute Gasteiger partial charge is 0.292 e. The number of amides is 3. The molecule has 0 aliphatic carbocycles. The average molecular weight is 757 g/mol. The van der Waals surface area contributed by atoms with Crippen LogP contribution in [0.1, 0.15) is 72.7 Å². The molecule has 2 N–H and O–H groups in total. The second-order valence-electron chi connectivity index (χ2n) is 15.4. The van der Waals surface area contributed by atoms with Gasteiger partial charge in [0.2, 0.25) is 17.7 Å². The van der Waals surface area contributed by atoms with Crippen molar-refractivity contribution in [3.8, 4) is 22.4 Å². The lowest BCUT2D eigenvalue weighted by Gasteiger charge is -2.35. The zero-order chi connectivity index (χ0) is 39.0. The molecule has 5 aromatic heterocycles. The maximum Gasteiger partial charge on any atom is 0.292 e. The molecule has 6 aromatic rings. The Hall–Kier alpha value is -6.29. The Morgan fingerprint density at radius 1 is 0.946 bits per heavy atom. The van der Waals surface area contributed by atoms with E-state index in [9.17, 15) is 14.4 Å².